The summed E-state index contributed by atoms with van der Waals surface area (Å²) in [6, 6.07) is 17.1. The second kappa shape index (κ2) is 15.9. The molecule has 2 amide bonds. The van der Waals surface area contributed by atoms with Crippen LogP contribution in [0.4, 0.5) is 0 Å². The normalized spacial score (nSPS) is 11.1. The van der Waals surface area contributed by atoms with E-state index in [4.69, 9.17) is 27.8 Å². The molecular weight excluding hydrogens is 712 g/mol. The topological polar surface area (TPSA) is 146 Å². The van der Waals surface area contributed by atoms with E-state index in [2.05, 4.69) is 52.9 Å². The molecule has 0 atom stereocenters. The number of hydrogen-bond donors (Lipinski definition) is 2. The van der Waals surface area contributed by atoms with Crippen molar-refractivity contribution in [2.45, 2.75) is 10.2 Å². The number of nitrogens with zero attached hydrogens (tertiary/aromatic N) is 2. The number of halogens is 2. The molecule has 2 N–H and O–H groups in total. The molecule has 2 aromatic carbocycles. The van der Waals surface area contributed by atoms with Gasteiger partial charge >= 0.3 is 0 Å². The summed E-state index contributed by atoms with van der Waals surface area (Å²) in [7, 11) is 3.12. The zero-order chi connectivity index (χ0) is 30.6. The van der Waals surface area contributed by atoms with Crippen LogP contribution >= 0.6 is 43.6 Å². The van der Waals surface area contributed by atoms with E-state index in [1.165, 1.54) is 24.2 Å². The van der Waals surface area contributed by atoms with Gasteiger partial charge in [-0.25, -0.2) is 10.9 Å². The highest BCUT2D eigenvalue weighted by Crippen LogP contribution is 2.31. The Balaban J connectivity index is 1.17. The molecule has 2 aromatic heterocycles. The molecule has 15 heteroatoms. The molecule has 0 aliphatic heterocycles. The maximum atomic E-state index is 12.0. The Kier molecular flexibility index (Phi) is 11.7. The number of amides is 2. The lowest BCUT2D eigenvalue weighted by Crippen LogP contribution is -2.24. The van der Waals surface area contributed by atoms with Gasteiger partial charge in [-0.05, 0) is 104 Å². The zero-order valence-electron chi connectivity index (χ0n) is 22.7. The average Bonchev–Trinajstić information content (AvgIpc) is 3.65. The maximum absolute atomic E-state index is 12.0. The van der Waals surface area contributed by atoms with E-state index in [9.17, 15) is 9.59 Å². The molecule has 0 aliphatic carbocycles. The van der Waals surface area contributed by atoms with Crippen LogP contribution in [0.2, 0.25) is 0 Å². The zero-order valence-corrected chi connectivity index (χ0v) is 26.7. The summed E-state index contributed by atoms with van der Waals surface area (Å²) in [5, 5.41) is 8.84. The van der Waals surface area contributed by atoms with Gasteiger partial charge in [-0.2, -0.15) is 10.2 Å². The SMILES string of the molecule is COc1ccc(OCC(=O)NN=Cc2ccc(Sc3ccc(C=NNC(=O)COc4ccc(OC)cc4Br)o3)o2)c(Br)c1. The smallest absolute Gasteiger partial charge is 0.277 e. The first-order valence-corrected chi connectivity index (χ1v) is 14.7. The van der Waals surface area contributed by atoms with Crippen LogP contribution in [0.15, 0.2) is 98.8 Å². The summed E-state index contributed by atoms with van der Waals surface area (Å²) in [6.07, 6.45) is 2.73. The fraction of sp³-hybridized carbons (Fsp3) is 0.143. The number of hydrogen-bond acceptors (Lipinski definition) is 11. The predicted molar refractivity (Wildman–Crippen MR) is 165 cm³/mol. The number of methoxy groups -OCH3 is 2. The van der Waals surface area contributed by atoms with Gasteiger partial charge in [0, 0.05) is 0 Å². The predicted octanol–water partition coefficient (Wildman–Crippen LogP) is 5.62. The summed E-state index contributed by atoms with van der Waals surface area (Å²) in [5.74, 6) is 2.26. The first kappa shape index (κ1) is 31.7. The third kappa shape index (κ3) is 9.94. The molecular formula is C28H24Br2N4O8S. The Labute approximate surface area is 267 Å². The molecule has 0 saturated heterocycles. The monoisotopic (exact) mass is 734 g/mol. The highest BCUT2D eigenvalue weighted by molar-refractivity contribution is 9.11. The summed E-state index contributed by atoms with van der Waals surface area (Å²) < 4.78 is 33.9. The van der Waals surface area contributed by atoms with Gasteiger partial charge in [-0.15, -0.1) is 0 Å². The van der Waals surface area contributed by atoms with Crippen LogP contribution in [0.1, 0.15) is 11.5 Å². The van der Waals surface area contributed by atoms with Gasteiger partial charge in [0.15, 0.2) is 23.4 Å². The number of hydrazone groups is 2. The molecule has 0 radical (unpaired) electrons. The van der Waals surface area contributed by atoms with Gasteiger partial charge in [-0.3, -0.25) is 9.59 Å². The average molecular weight is 736 g/mol. The molecule has 4 rings (SSSR count). The van der Waals surface area contributed by atoms with Crippen LogP contribution < -0.4 is 29.8 Å². The molecule has 224 valence electrons. The molecule has 4 aromatic rings. The second-order valence-electron chi connectivity index (χ2n) is 8.17. The van der Waals surface area contributed by atoms with Crippen LogP contribution in [0.3, 0.4) is 0 Å². The Bertz CT molecular complexity index is 1500. The molecule has 12 nitrogen and oxygen atoms in total. The van der Waals surface area contributed by atoms with Crippen LogP contribution in [0.5, 0.6) is 23.0 Å². The van der Waals surface area contributed by atoms with Gasteiger partial charge < -0.3 is 27.8 Å². The molecule has 0 fully saturated rings. The molecule has 2 heterocycles. The van der Waals surface area contributed by atoms with E-state index >= 15 is 0 Å². The van der Waals surface area contributed by atoms with Crippen LogP contribution in [-0.4, -0.2) is 51.7 Å². The van der Waals surface area contributed by atoms with Gasteiger partial charge in [-0.1, -0.05) is 0 Å². The van der Waals surface area contributed by atoms with Crippen molar-refractivity contribution in [2.75, 3.05) is 27.4 Å². The molecule has 43 heavy (non-hydrogen) atoms. The summed E-state index contributed by atoms with van der Waals surface area (Å²) in [4.78, 5) is 24.1. The highest BCUT2D eigenvalue weighted by Gasteiger charge is 2.10. The van der Waals surface area contributed by atoms with Crippen molar-refractivity contribution in [3.63, 3.8) is 0 Å². The van der Waals surface area contributed by atoms with Gasteiger partial charge in [0.25, 0.3) is 11.8 Å². The quantitative estimate of drug-likeness (QED) is 0.124. The van der Waals surface area contributed by atoms with Gasteiger partial charge in [0.05, 0.1) is 35.6 Å². The molecule has 0 unspecified atom stereocenters. The van der Waals surface area contributed by atoms with E-state index in [0.717, 1.165) is 0 Å². The lowest BCUT2D eigenvalue weighted by Gasteiger charge is -2.08. The summed E-state index contributed by atoms with van der Waals surface area (Å²) in [6.45, 7) is -0.463. The third-order valence-corrected chi connectivity index (χ3v) is 7.24. The van der Waals surface area contributed by atoms with Crippen molar-refractivity contribution in [2.24, 2.45) is 10.2 Å². The summed E-state index contributed by atoms with van der Waals surface area (Å²) >= 11 is 7.96. The van der Waals surface area contributed by atoms with Crippen molar-refractivity contribution < 1.29 is 37.4 Å². The van der Waals surface area contributed by atoms with Gasteiger partial charge in [0.1, 0.15) is 34.5 Å². The van der Waals surface area contributed by atoms with Crippen molar-refractivity contribution in [1.29, 1.82) is 0 Å². The van der Waals surface area contributed by atoms with E-state index in [1.807, 2.05) is 0 Å². The standard InChI is InChI=1S/C28H24Br2N4O8S/c1-37-17-3-7-23(21(29)11-17)39-15-25(35)33-31-13-19-5-9-27(41-19)43-28-10-6-20(42-28)14-32-34-26(36)16-40-24-8-4-18(38-2)12-22(24)30/h3-14H,15-16H2,1-2H3,(H,33,35)(H,34,36). The van der Waals surface area contributed by atoms with E-state index in [-0.39, 0.29) is 13.2 Å². The van der Waals surface area contributed by atoms with Crippen LogP contribution in [0, 0.1) is 0 Å². The number of carbonyl (C=O) groups is 2. The van der Waals surface area contributed by atoms with E-state index in [1.54, 1.807) is 74.9 Å². The number of nitrogens with one attached hydrogen (secondary N) is 2. The maximum Gasteiger partial charge on any atom is 0.277 e. The number of furan rings is 2. The highest BCUT2D eigenvalue weighted by atomic mass is 79.9. The first-order valence-electron chi connectivity index (χ1n) is 12.3. The van der Waals surface area contributed by atoms with Crippen molar-refractivity contribution in [3.05, 3.63) is 81.1 Å². The summed E-state index contributed by atoms with van der Waals surface area (Å²) in [5.41, 5.74) is 4.75. The van der Waals surface area contributed by atoms with Crippen molar-refractivity contribution in [1.82, 2.24) is 10.9 Å². The number of benzene rings is 2. The Morgan fingerprint density at radius 1 is 0.744 bits per heavy atom. The van der Waals surface area contributed by atoms with E-state index < -0.39 is 11.8 Å². The Hall–Kier alpha value is -4.21. The Morgan fingerprint density at radius 2 is 1.19 bits per heavy atom. The van der Waals surface area contributed by atoms with Crippen molar-refractivity contribution in [3.8, 4) is 23.0 Å². The molecule has 0 aliphatic rings. The first-order chi connectivity index (χ1) is 20.8. The van der Waals surface area contributed by atoms with E-state index in [0.29, 0.717) is 53.6 Å². The minimum absolute atomic E-state index is 0.231. The van der Waals surface area contributed by atoms with Crippen LogP contribution in [-0.2, 0) is 9.59 Å². The molecule has 0 saturated carbocycles. The fourth-order valence-corrected chi connectivity index (χ4v) is 4.85. The van der Waals surface area contributed by atoms with Crippen molar-refractivity contribution >= 4 is 67.9 Å². The number of carbonyl (C=O) groups excluding carboxylic acids is 2. The molecule has 0 spiro atoms. The van der Waals surface area contributed by atoms with Crippen LogP contribution in [0.25, 0.3) is 0 Å². The molecule has 0 bridgehead atoms. The third-order valence-electron chi connectivity index (χ3n) is 5.16. The largest absolute Gasteiger partial charge is 0.497 e. The second-order valence-corrected chi connectivity index (χ2v) is 10.9. The number of rotatable bonds is 14. The fourth-order valence-electron chi connectivity index (χ4n) is 3.15. The van der Waals surface area contributed by atoms with Gasteiger partial charge in [0.2, 0.25) is 0 Å². The minimum Gasteiger partial charge on any atom is -0.497 e. The lowest BCUT2D eigenvalue weighted by atomic mass is 10.3. The Morgan fingerprint density at radius 3 is 1.58 bits per heavy atom. The minimum atomic E-state index is -0.445. The number of ether oxygens (including phenoxy) is 4. The lowest BCUT2D eigenvalue weighted by molar-refractivity contribution is -0.123.